The van der Waals surface area contributed by atoms with Gasteiger partial charge in [0, 0.05) is 0 Å². The van der Waals surface area contributed by atoms with Gasteiger partial charge in [-0.2, -0.15) is 0 Å². The van der Waals surface area contributed by atoms with Gasteiger partial charge >= 0.3 is 0 Å². The standard InChI is InChI=1S/C60H92Si2/c1-33(2)45-25-49(37(9)10)57(50(26-45)38(11)12)61(58-51(39(13)14)27-46(34(3)4)28-52(58)40(15)16)62(59-53(41(17)18)29-47(35(5)6)30-54(59)42(19)20)60-55(43(21)22)31-48(36(7)8)32-56(60)44(23)24/h25-44H,1-24H3. The van der Waals surface area contributed by atoms with Crippen LogP contribution in [-0.2, 0) is 0 Å². The van der Waals surface area contributed by atoms with Crippen molar-refractivity contribution in [2.75, 3.05) is 0 Å². The topological polar surface area (TPSA) is 0 Å². The van der Waals surface area contributed by atoms with Gasteiger partial charge in [0.2, 0.25) is 0 Å². The molecule has 0 atom stereocenters. The van der Waals surface area contributed by atoms with E-state index in [4.69, 9.17) is 0 Å². The highest BCUT2D eigenvalue weighted by Crippen LogP contribution is 2.33. The van der Waals surface area contributed by atoms with E-state index in [9.17, 15) is 0 Å². The molecule has 4 rings (SSSR count). The lowest BCUT2D eigenvalue weighted by atomic mass is 9.89. The van der Waals surface area contributed by atoms with Gasteiger partial charge in [-0.1, -0.05) is 215 Å². The van der Waals surface area contributed by atoms with E-state index < -0.39 is 15.8 Å². The van der Waals surface area contributed by atoms with Crippen LogP contribution in [0.15, 0.2) is 48.5 Å². The third kappa shape index (κ3) is 10.9. The van der Waals surface area contributed by atoms with Crippen LogP contribution in [0.3, 0.4) is 0 Å². The molecule has 0 heterocycles. The molecule has 62 heavy (non-hydrogen) atoms. The normalized spacial score (nSPS) is 12.6. The average molecular weight is 870 g/mol. The highest BCUT2D eigenvalue weighted by Gasteiger charge is 2.35. The van der Waals surface area contributed by atoms with Gasteiger partial charge in [-0.25, -0.2) is 0 Å². The summed E-state index contributed by atoms with van der Waals surface area (Å²) in [6, 6.07) is 21.5. The van der Waals surface area contributed by atoms with Crippen molar-refractivity contribution in [3.05, 3.63) is 115 Å². The summed E-state index contributed by atoms with van der Waals surface area (Å²) < 4.78 is 0. The zero-order chi connectivity index (χ0) is 47.0. The first kappa shape index (κ1) is 51.9. The maximum absolute atomic E-state index is 2.69. The summed E-state index contributed by atoms with van der Waals surface area (Å²) >= 11 is 0. The molecule has 0 aliphatic carbocycles. The quantitative estimate of drug-likeness (QED) is 0.0984. The van der Waals surface area contributed by atoms with E-state index in [0.717, 1.165) is 0 Å². The molecule has 0 aromatic heterocycles. The highest BCUT2D eigenvalue weighted by molar-refractivity contribution is 7.20. The SMILES string of the molecule is CC(C)c1cc(C(C)C)c([Si](c2c(C(C)C)cc(C(C)C)cc2C(C)C)=[Si](c2c(C(C)C)cc(C(C)C)cc2C(C)C)c2c(C(C)C)cc(C(C)C)cc2C(C)C)c(C(C)C)c1. The van der Waals surface area contributed by atoms with Gasteiger partial charge in [0.15, 0.2) is 0 Å². The first-order chi connectivity index (χ1) is 28.7. The third-order valence-electron chi connectivity index (χ3n) is 13.8. The molecule has 0 spiro atoms. The molecule has 340 valence electrons. The molecule has 0 N–H and O–H groups in total. The van der Waals surface area contributed by atoms with Crippen molar-refractivity contribution in [1.29, 1.82) is 0 Å². The molecule has 2 heteroatoms. The van der Waals surface area contributed by atoms with Crippen molar-refractivity contribution in [1.82, 2.24) is 0 Å². The van der Waals surface area contributed by atoms with Gasteiger partial charge in [0.1, 0.15) is 0 Å². The van der Waals surface area contributed by atoms with E-state index >= 15 is 0 Å². The second-order valence-electron chi connectivity index (χ2n) is 22.9. The smallest absolute Gasteiger partial charge is 0.0587 e. The van der Waals surface area contributed by atoms with E-state index in [1.165, 1.54) is 22.3 Å². The summed E-state index contributed by atoms with van der Waals surface area (Å²) in [5.41, 5.74) is 18.9. The molecule has 0 fully saturated rings. The van der Waals surface area contributed by atoms with Gasteiger partial charge < -0.3 is 0 Å². The lowest BCUT2D eigenvalue weighted by Gasteiger charge is -2.35. The fourth-order valence-corrected chi connectivity index (χ4v) is 22.9. The zero-order valence-corrected chi connectivity index (χ0v) is 46.5. The molecule has 0 saturated heterocycles. The van der Waals surface area contributed by atoms with Gasteiger partial charge in [0.05, 0.1) is 15.8 Å². The molecular formula is C60H92Si2. The molecule has 0 saturated carbocycles. The van der Waals surface area contributed by atoms with E-state index in [-0.39, 0.29) is 0 Å². The number of hydrogen-bond acceptors (Lipinski definition) is 0. The molecular weight excluding hydrogens is 777 g/mol. The predicted molar refractivity (Wildman–Crippen MR) is 285 cm³/mol. The second kappa shape index (κ2) is 21.1. The predicted octanol–water partition coefficient (Wildman–Crippen LogP) is 16.2. The first-order valence-corrected chi connectivity index (χ1v) is 29.2. The van der Waals surface area contributed by atoms with Gasteiger partial charge in [-0.05, 0) is 159 Å². The number of benzene rings is 4. The van der Waals surface area contributed by atoms with E-state index in [2.05, 4.69) is 215 Å². The fraction of sp³-hybridized carbons (Fsp3) is 0.600. The number of rotatable bonds is 16. The molecule has 0 bridgehead atoms. The van der Waals surface area contributed by atoms with Crippen LogP contribution in [-0.4, -0.2) is 15.8 Å². The van der Waals surface area contributed by atoms with Crippen molar-refractivity contribution in [2.24, 2.45) is 0 Å². The minimum absolute atomic E-state index is 0.402. The summed E-state index contributed by atoms with van der Waals surface area (Å²) in [6.07, 6.45) is 0. The Morgan fingerprint density at radius 1 is 0.194 bits per heavy atom. The van der Waals surface area contributed by atoms with Crippen LogP contribution >= 0.6 is 0 Å². The largest absolute Gasteiger partial charge is 0.0701 e. The van der Waals surface area contributed by atoms with Gasteiger partial charge in [0.25, 0.3) is 0 Å². The van der Waals surface area contributed by atoms with Crippen LogP contribution in [0.25, 0.3) is 0 Å². The lowest BCUT2D eigenvalue weighted by Crippen LogP contribution is -2.58. The molecule has 4 aromatic rings. The second-order valence-corrected chi connectivity index (χ2v) is 29.4. The Morgan fingerprint density at radius 3 is 0.387 bits per heavy atom. The van der Waals surface area contributed by atoms with Crippen molar-refractivity contribution in [3.8, 4) is 0 Å². The molecule has 4 aromatic carbocycles. The maximum atomic E-state index is 2.69. The Balaban J connectivity index is 2.81. The maximum Gasteiger partial charge on any atom is 0.0701 e. The summed E-state index contributed by atoms with van der Waals surface area (Å²) in [5.74, 6) is 5.09. The Labute approximate surface area is 387 Å². The van der Waals surface area contributed by atoms with Crippen LogP contribution in [0.4, 0.5) is 0 Å². The van der Waals surface area contributed by atoms with E-state index in [1.54, 1.807) is 65.3 Å². The minimum Gasteiger partial charge on any atom is -0.0587 e. The zero-order valence-electron chi connectivity index (χ0n) is 44.5. The van der Waals surface area contributed by atoms with Crippen molar-refractivity contribution in [3.63, 3.8) is 0 Å². The Morgan fingerprint density at radius 2 is 0.306 bits per heavy atom. The van der Waals surface area contributed by atoms with Crippen LogP contribution in [0.2, 0.25) is 0 Å². The van der Waals surface area contributed by atoms with Gasteiger partial charge in [-0.15, -0.1) is 0 Å². The third-order valence-corrected chi connectivity index (χ3v) is 23.1. The van der Waals surface area contributed by atoms with Crippen LogP contribution in [0.1, 0.15) is 304 Å². The summed E-state index contributed by atoms with van der Waals surface area (Å²) in [6.45, 7) is 59.3. The van der Waals surface area contributed by atoms with Gasteiger partial charge in [-0.3, -0.25) is 0 Å². The molecule has 0 aliphatic heterocycles. The number of hydrogen-bond donors (Lipinski definition) is 0. The highest BCUT2D eigenvalue weighted by atomic mass is 28.9. The lowest BCUT2D eigenvalue weighted by molar-refractivity contribution is 0.808. The fourth-order valence-electron chi connectivity index (χ4n) is 9.73. The monoisotopic (exact) mass is 869 g/mol. The molecule has 0 aliphatic rings. The minimum atomic E-state index is -1.61. The average Bonchev–Trinajstić information content (AvgIpc) is 3.17. The van der Waals surface area contributed by atoms with Crippen LogP contribution < -0.4 is 20.7 Å². The molecule has 0 amide bonds. The van der Waals surface area contributed by atoms with E-state index in [0.29, 0.717) is 71.0 Å². The van der Waals surface area contributed by atoms with Crippen molar-refractivity contribution < 1.29 is 0 Å². The van der Waals surface area contributed by atoms with Crippen molar-refractivity contribution in [2.45, 2.75) is 237 Å². The van der Waals surface area contributed by atoms with Crippen LogP contribution in [0, 0.1) is 0 Å². The molecule has 0 nitrogen and oxygen atoms in total. The Hall–Kier alpha value is -2.69. The molecule has 0 unspecified atom stereocenters. The Kier molecular flexibility index (Phi) is 17.7. The van der Waals surface area contributed by atoms with Crippen molar-refractivity contribution >= 4 is 36.5 Å². The summed E-state index contributed by atoms with van der Waals surface area (Å²) in [4.78, 5) is 0. The summed E-state index contributed by atoms with van der Waals surface area (Å²) in [5, 5.41) is 6.98. The summed E-state index contributed by atoms with van der Waals surface area (Å²) in [7, 11) is -3.22. The van der Waals surface area contributed by atoms with E-state index in [1.807, 2.05) is 0 Å². The first-order valence-electron chi connectivity index (χ1n) is 25.2. The molecule has 0 radical (unpaired) electrons. The van der Waals surface area contributed by atoms with Crippen LogP contribution in [0.5, 0.6) is 0 Å². The Bertz CT molecular complexity index is 1780.